The largest absolute Gasteiger partial charge is 0.460 e. The predicted molar refractivity (Wildman–Crippen MR) is 200 cm³/mol. The van der Waals surface area contributed by atoms with Gasteiger partial charge < -0.3 is 14.2 Å². The van der Waals surface area contributed by atoms with Crippen LogP contribution in [0.5, 0.6) is 0 Å². The van der Waals surface area contributed by atoms with E-state index in [1.165, 1.54) is 0 Å². The van der Waals surface area contributed by atoms with E-state index in [4.69, 9.17) is 14.2 Å². The first-order valence-electron chi connectivity index (χ1n) is 21.6. The molecule has 0 aliphatic heterocycles. The SMILES string of the molecule is O=C(OCC12CC3CC(CC(C3)C1)C2)C(F)(F)S(=O)(=O)C(S(=O)(=O)C(F)(F)C(=O)OCC12CC3CC(CC(C3)C1)C2)S(=O)(=O)C(F)(F)C(=O)OCC12CC3CC(CC(C3)C1)C2. The monoisotopic (exact) mass is 934 g/mol. The third-order valence-corrected chi connectivity index (χ3v) is 25.3. The molecule has 0 amide bonds. The zero-order valence-corrected chi connectivity index (χ0v) is 36.0. The Kier molecular flexibility index (Phi) is 10.2. The second-order valence-electron chi connectivity index (χ2n) is 21.5. The lowest BCUT2D eigenvalue weighted by atomic mass is 9.50. The lowest BCUT2D eigenvalue weighted by Crippen LogP contribution is -2.60. The van der Waals surface area contributed by atoms with Gasteiger partial charge in [-0.05, 0) is 169 Å². The fourth-order valence-corrected chi connectivity index (χ4v) is 23.3. The minimum atomic E-state index is -7.99. The van der Waals surface area contributed by atoms with Crippen molar-refractivity contribution >= 4 is 47.4 Å². The maximum atomic E-state index is 16.1. The lowest BCUT2D eigenvalue weighted by molar-refractivity contribution is -0.171. The average Bonchev–Trinajstić information content (AvgIpc) is 3.13. The van der Waals surface area contributed by atoms with Crippen molar-refractivity contribution in [2.45, 2.75) is 135 Å². The molecule has 12 aliphatic rings. The van der Waals surface area contributed by atoms with Crippen molar-refractivity contribution in [2.24, 2.45) is 69.5 Å². The highest BCUT2D eigenvalue weighted by Crippen LogP contribution is 2.63. The molecule has 0 aromatic heterocycles. The predicted octanol–water partition coefficient (Wildman–Crippen LogP) is 6.57. The highest BCUT2D eigenvalue weighted by Gasteiger charge is 2.77. The summed E-state index contributed by atoms with van der Waals surface area (Å²) in [6.07, 6.45) is 11.2. The zero-order valence-electron chi connectivity index (χ0n) is 33.5. The topological polar surface area (TPSA) is 181 Å². The molecule has 0 saturated heterocycles. The Morgan fingerprint density at radius 1 is 0.393 bits per heavy atom. The summed E-state index contributed by atoms with van der Waals surface area (Å²) in [6.45, 7) is -2.49. The summed E-state index contributed by atoms with van der Waals surface area (Å²) >= 11 is 0. The molecule has 0 atom stereocenters. The van der Waals surface area contributed by atoms with Gasteiger partial charge in [0, 0.05) is 16.2 Å². The van der Waals surface area contributed by atoms with Crippen LogP contribution in [-0.2, 0) is 58.1 Å². The van der Waals surface area contributed by atoms with E-state index in [0.717, 1.165) is 57.8 Å². The summed E-state index contributed by atoms with van der Waals surface area (Å²) in [5, 5.41) is -19.2. The van der Waals surface area contributed by atoms with Crippen molar-refractivity contribution in [2.75, 3.05) is 19.8 Å². The number of rotatable bonds is 15. The van der Waals surface area contributed by atoms with E-state index in [9.17, 15) is 39.6 Å². The summed E-state index contributed by atoms with van der Waals surface area (Å²) in [5.74, 6) is -7.89. The van der Waals surface area contributed by atoms with Crippen LogP contribution in [0.3, 0.4) is 0 Å². The number of carbonyl (C=O) groups is 3. The van der Waals surface area contributed by atoms with Crippen LogP contribution in [0.15, 0.2) is 0 Å². The number of sulfone groups is 3. The van der Waals surface area contributed by atoms with E-state index in [1.807, 2.05) is 0 Å². The molecule has 0 radical (unpaired) electrons. The van der Waals surface area contributed by atoms with Crippen LogP contribution in [0.4, 0.5) is 26.3 Å². The fourth-order valence-electron chi connectivity index (χ4n) is 15.5. The van der Waals surface area contributed by atoms with Crippen molar-refractivity contribution < 1.29 is 80.2 Å². The Hall–Kier alpha value is -2.16. The van der Waals surface area contributed by atoms with Crippen molar-refractivity contribution in [1.29, 1.82) is 0 Å². The van der Waals surface area contributed by atoms with Gasteiger partial charge >= 0.3 is 33.7 Å². The van der Waals surface area contributed by atoms with E-state index in [-0.39, 0.29) is 53.3 Å². The molecule has 12 nitrogen and oxygen atoms in total. The van der Waals surface area contributed by atoms with Crippen LogP contribution in [0.25, 0.3) is 0 Å². The van der Waals surface area contributed by atoms with Gasteiger partial charge in [-0.25, -0.2) is 39.6 Å². The number of alkyl halides is 6. The smallest absolute Gasteiger partial charge is 0.442 e. The van der Waals surface area contributed by atoms with Crippen molar-refractivity contribution in [3.63, 3.8) is 0 Å². The van der Waals surface area contributed by atoms with E-state index in [2.05, 4.69) is 0 Å². The molecule has 12 bridgehead atoms. The van der Waals surface area contributed by atoms with Crippen molar-refractivity contribution in [1.82, 2.24) is 0 Å². The van der Waals surface area contributed by atoms with Gasteiger partial charge in [0.2, 0.25) is 0 Å². The minimum Gasteiger partial charge on any atom is -0.460 e. The third-order valence-electron chi connectivity index (χ3n) is 16.6. The second-order valence-corrected chi connectivity index (χ2v) is 28.6. The fraction of sp³-hybridized carbons (Fsp3) is 0.925. The first kappa shape index (κ1) is 44.1. The zero-order chi connectivity index (χ0) is 44.0. The number of hydrogen-bond donors (Lipinski definition) is 0. The van der Waals surface area contributed by atoms with Gasteiger partial charge in [-0.1, -0.05) is 0 Å². The molecule has 12 fully saturated rings. The maximum Gasteiger partial charge on any atom is 0.442 e. The highest BCUT2D eigenvalue weighted by atomic mass is 32.3. The number of hydrogen-bond acceptors (Lipinski definition) is 12. The van der Waals surface area contributed by atoms with Gasteiger partial charge in [0.05, 0.1) is 19.8 Å². The van der Waals surface area contributed by atoms with Crippen LogP contribution in [0.2, 0.25) is 0 Å². The summed E-state index contributed by atoms with van der Waals surface area (Å²) in [5.41, 5.74) is -2.66. The third kappa shape index (κ3) is 7.06. The summed E-state index contributed by atoms with van der Waals surface area (Å²) in [4.78, 5) is 39.1. The molecule has 0 spiro atoms. The van der Waals surface area contributed by atoms with E-state index >= 15 is 26.3 Å². The van der Waals surface area contributed by atoms with Gasteiger partial charge in [0.25, 0.3) is 33.4 Å². The van der Waals surface area contributed by atoms with Crippen LogP contribution in [0.1, 0.15) is 116 Å². The van der Waals surface area contributed by atoms with Gasteiger partial charge in [-0.15, -0.1) is 0 Å². The molecule has 61 heavy (non-hydrogen) atoms. The summed E-state index contributed by atoms with van der Waals surface area (Å²) in [7, 11) is -24.0. The molecule has 0 unspecified atom stereocenters. The average molecular weight is 935 g/mol. The van der Waals surface area contributed by atoms with Crippen LogP contribution >= 0.6 is 0 Å². The van der Waals surface area contributed by atoms with Crippen LogP contribution < -0.4 is 0 Å². The molecule has 0 aromatic rings. The Balaban J connectivity index is 1.00. The van der Waals surface area contributed by atoms with Crippen molar-refractivity contribution in [3.05, 3.63) is 0 Å². The Morgan fingerprint density at radius 2 is 0.557 bits per heavy atom. The normalized spacial score (nSPS) is 40.5. The van der Waals surface area contributed by atoms with Gasteiger partial charge in [0.1, 0.15) is 0 Å². The molecule has 0 aromatic carbocycles. The van der Waals surface area contributed by atoms with E-state index in [1.54, 1.807) is 0 Å². The second kappa shape index (κ2) is 14.2. The standard InChI is InChI=1S/C40H52F6O12S3/c41-38(42,31(47)56-19-35-10-22-1-23(11-35)3-24(2-22)12-35)59(50,51)34(60(52,53)39(43,44)32(48)57-20-36-13-25-4-26(14-36)6-27(5-25)15-36)61(54,55)40(45,46)33(49)58-21-37-16-28-7-29(17-37)9-30(8-28)18-37/h22-30,34H,1-21H2. The Morgan fingerprint density at radius 3 is 0.721 bits per heavy atom. The Bertz CT molecular complexity index is 1840. The number of esters is 3. The summed E-state index contributed by atoms with van der Waals surface area (Å²) < 4.78 is 187. The van der Waals surface area contributed by atoms with Crippen LogP contribution in [-0.4, -0.2) is 82.7 Å². The van der Waals surface area contributed by atoms with E-state index < -0.39 is 103 Å². The lowest BCUT2D eigenvalue weighted by Gasteiger charge is -2.56. The molecule has 0 heterocycles. The number of halogens is 6. The van der Waals surface area contributed by atoms with Crippen molar-refractivity contribution in [3.8, 4) is 0 Å². The highest BCUT2D eigenvalue weighted by molar-refractivity contribution is 8.25. The quantitative estimate of drug-likeness (QED) is 0.0981. The van der Waals surface area contributed by atoms with Gasteiger partial charge in [-0.3, -0.25) is 0 Å². The maximum absolute atomic E-state index is 16.1. The molecule has 344 valence electrons. The first-order valence-corrected chi connectivity index (χ1v) is 26.2. The molecule has 0 N–H and O–H groups in total. The molecule has 12 rings (SSSR count). The number of carbonyl (C=O) groups excluding carboxylic acids is 3. The molecule has 21 heteroatoms. The van der Waals surface area contributed by atoms with E-state index in [0.29, 0.717) is 57.8 Å². The first-order chi connectivity index (χ1) is 28.2. The molecular weight excluding hydrogens is 883 g/mol. The molecule has 12 aliphatic carbocycles. The van der Waals surface area contributed by atoms with Gasteiger partial charge in [-0.2, -0.15) is 26.3 Å². The molecular formula is C40H52F6O12S3. The molecule has 12 saturated carbocycles. The Labute approximate surface area is 351 Å². The number of ether oxygens (including phenoxy) is 3. The summed E-state index contributed by atoms with van der Waals surface area (Å²) in [6, 6.07) is 0. The van der Waals surface area contributed by atoms with Gasteiger partial charge in [0.15, 0.2) is 0 Å². The van der Waals surface area contributed by atoms with Crippen LogP contribution in [0, 0.1) is 69.5 Å². The minimum absolute atomic E-state index is 0.156.